The first-order valence-electron chi connectivity index (χ1n) is 14.7. The molecule has 2 atom stereocenters. The summed E-state index contributed by atoms with van der Waals surface area (Å²) in [6.07, 6.45) is 3.01. The summed E-state index contributed by atoms with van der Waals surface area (Å²) in [5.74, 6) is -1.48. The molecule has 0 fully saturated rings. The monoisotopic (exact) mass is 614 g/mol. The third kappa shape index (κ3) is 31.0. The molecule has 0 radical (unpaired) electrons. The maximum Gasteiger partial charge on any atom is 1.00 e. The van der Waals surface area contributed by atoms with Crippen LogP contribution in [0.2, 0.25) is 0 Å². The van der Waals surface area contributed by atoms with Gasteiger partial charge in [-0.15, -0.1) is 0 Å². The largest absolute Gasteiger partial charge is 1.00 e. The van der Waals surface area contributed by atoms with Crippen LogP contribution in [-0.4, -0.2) is 67.0 Å². The number of carbonyl (C=O) groups is 3. The van der Waals surface area contributed by atoms with Crippen molar-refractivity contribution in [2.75, 3.05) is 26.9 Å². The van der Waals surface area contributed by atoms with Gasteiger partial charge in [-0.05, 0) is 49.4 Å². The van der Waals surface area contributed by atoms with Crippen LogP contribution in [0, 0.1) is 0 Å². The minimum Gasteiger partial charge on any atom is -0.550 e. The number of nitrogens with one attached hydrogen (secondary N) is 2. The van der Waals surface area contributed by atoms with Gasteiger partial charge in [0.15, 0.2) is 0 Å². The second kappa shape index (κ2) is 34.2. The van der Waals surface area contributed by atoms with Crippen LogP contribution in [0.3, 0.4) is 0 Å². The first-order valence-corrected chi connectivity index (χ1v) is 14.7. The summed E-state index contributed by atoms with van der Waals surface area (Å²) >= 11 is 0. The van der Waals surface area contributed by atoms with E-state index in [-0.39, 0.29) is 60.4 Å². The maximum atomic E-state index is 11.8. The van der Waals surface area contributed by atoms with E-state index >= 15 is 0 Å². The Bertz CT molecular complexity index is 909. The summed E-state index contributed by atoms with van der Waals surface area (Å²) in [4.78, 5) is 32.5. The minimum absolute atomic E-state index is 0. The van der Waals surface area contributed by atoms with Gasteiger partial charge in [-0.3, -0.25) is 9.59 Å². The van der Waals surface area contributed by atoms with Gasteiger partial charge in [0.25, 0.3) is 5.91 Å². The molecule has 0 aliphatic heterocycles. The van der Waals surface area contributed by atoms with E-state index in [0.29, 0.717) is 25.2 Å². The van der Waals surface area contributed by atoms with E-state index in [1.165, 1.54) is 20.5 Å². The molecule has 2 aromatic carbocycles. The summed E-state index contributed by atoms with van der Waals surface area (Å²) in [6.45, 7) is 14.2. The molecule has 0 saturated carbocycles. The number of aliphatic hydroxyl groups excluding tert-OH is 2. The predicted molar refractivity (Wildman–Crippen MR) is 169 cm³/mol. The molecule has 2 amide bonds. The van der Waals surface area contributed by atoms with Gasteiger partial charge in [0, 0.05) is 38.7 Å². The molecule has 43 heavy (non-hydrogen) atoms. The normalized spacial score (nSPS) is 10.5. The number of aliphatic carboxylic acids is 1. The van der Waals surface area contributed by atoms with Crippen LogP contribution in [0.1, 0.15) is 90.9 Å². The van der Waals surface area contributed by atoms with Crippen molar-refractivity contribution in [2.45, 2.75) is 92.7 Å². The Kier molecular flexibility index (Phi) is 37.9. The van der Waals surface area contributed by atoms with Crippen LogP contribution in [0.25, 0.3) is 11.1 Å². The summed E-state index contributed by atoms with van der Waals surface area (Å²) in [5.41, 5.74) is 2.80. The van der Waals surface area contributed by atoms with Crippen LogP contribution in [0.4, 0.5) is 0 Å². The zero-order valence-corrected chi connectivity index (χ0v) is 29.9. The Hall–Kier alpha value is -2.27. The number of methoxy groups -OCH3 is 1. The topological polar surface area (TPSA) is 148 Å². The zero-order valence-electron chi connectivity index (χ0n) is 27.9. The minimum atomic E-state index is -1.12. The first kappa shape index (κ1) is 47.7. The number of hydrogen-bond donors (Lipinski definition) is 4. The molecule has 4 N–H and O–H groups in total. The van der Waals surface area contributed by atoms with Crippen molar-refractivity contribution in [3.05, 3.63) is 60.2 Å². The van der Waals surface area contributed by atoms with Crippen LogP contribution in [0.15, 0.2) is 54.6 Å². The van der Waals surface area contributed by atoms with Crippen LogP contribution < -0.4 is 45.3 Å². The van der Waals surface area contributed by atoms with Crippen LogP contribution in [0.5, 0.6) is 0 Å². The van der Waals surface area contributed by atoms with Gasteiger partial charge in [-0.2, -0.15) is 0 Å². The number of carboxylic acids is 1. The van der Waals surface area contributed by atoms with E-state index in [4.69, 9.17) is 14.9 Å². The van der Waals surface area contributed by atoms with Gasteiger partial charge < -0.3 is 35.5 Å². The molecule has 0 aliphatic carbocycles. The number of hydrogen-bond acceptors (Lipinski definition) is 7. The molecule has 0 bridgehead atoms. The number of unbranched alkanes of at least 4 members (excludes halogenated alkanes) is 1. The van der Waals surface area contributed by atoms with Crippen molar-refractivity contribution in [3.63, 3.8) is 0 Å². The number of benzene rings is 2. The van der Waals surface area contributed by atoms with Gasteiger partial charge in [0.05, 0.1) is 18.8 Å². The van der Waals surface area contributed by atoms with Crippen molar-refractivity contribution in [3.8, 4) is 11.1 Å². The molecule has 10 heteroatoms. The smallest absolute Gasteiger partial charge is 0.550 e. The zero-order chi connectivity index (χ0) is 32.8. The number of rotatable bonds is 12. The SMILES string of the molecule is CC.CC(O)CNC(=O)c1ccc(-c2ccccc2)cc1.CCC.CCCCO.COCC(CCC(=O)[O-])NC(C)=O.[Na+]. The number of ether oxygens (including phenoxy) is 1. The molecule has 2 aromatic rings. The fourth-order valence-corrected chi connectivity index (χ4v) is 2.92. The Morgan fingerprint density at radius 1 is 0.953 bits per heavy atom. The van der Waals surface area contributed by atoms with E-state index in [2.05, 4.69) is 31.4 Å². The fourth-order valence-electron chi connectivity index (χ4n) is 2.92. The van der Waals surface area contributed by atoms with Gasteiger partial charge in [0.1, 0.15) is 0 Å². The van der Waals surface area contributed by atoms with Gasteiger partial charge in [-0.1, -0.05) is 89.9 Å². The van der Waals surface area contributed by atoms with Gasteiger partial charge in [-0.25, -0.2) is 0 Å². The third-order valence-corrected chi connectivity index (χ3v) is 4.80. The molecule has 0 heterocycles. The van der Waals surface area contributed by atoms with Crippen molar-refractivity contribution >= 4 is 17.8 Å². The number of aliphatic hydroxyl groups is 2. The number of amides is 2. The second-order valence-corrected chi connectivity index (χ2v) is 9.05. The molecular formula is C33H55N2NaO7. The van der Waals surface area contributed by atoms with Crippen LogP contribution in [-0.2, 0) is 14.3 Å². The molecular weight excluding hydrogens is 559 g/mol. The summed E-state index contributed by atoms with van der Waals surface area (Å²) in [5, 5.41) is 32.6. The fraction of sp³-hybridized carbons (Fsp3) is 0.545. The number of carbonyl (C=O) groups excluding carboxylic acids is 3. The van der Waals surface area contributed by atoms with Crippen molar-refractivity contribution in [1.82, 2.24) is 10.6 Å². The molecule has 0 spiro atoms. The Labute approximate surface area is 282 Å². The first-order chi connectivity index (χ1) is 20.1. The third-order valence-electron chi connectivity index (χ3n) is 4.80. The quantitative estimate of drug-likeness (QED) is 0.264. The molecule has 0 saturated heterocycles. The average molecular weight is 615 g/mol. The van der Waals surface area contributed by atoms with E-state index in [9.17, 15) is 19.5 Å². The van der Waals surface area contributed by atoms with E-state index in [1.807, 2.05) is 56.3 Å². The molecule has 240 valence electrons. The van der Waals surface area contributed by atoms with E-state index < -0.39 is 12.1 Å². The van der Waals surface area contributed by atoms with E-state index in [1.54, 1.807) is 19.1 Å². The van der Waals surface area contributed by atoms with E-state index in [0.717, 1.165) is 24.0 Å². The molecule has 0 aliphatic rings. The standard InChI is InChI=1S/C16H17NO2.C8H15NO4.C4H10O.C3H8.C2H6.Na/c1-12(18)11-17-16(19)15-9-7-14(8-10-15)13-5-3-2-4-6-13;1-6(10)9-7(5-13-2)3-4-8(11)12;1-2-3-4-5;1-3-2;1-2;/h2-10,12,18H,11H2,1H3,(H,17,19);7H,3-5H2,1-2H3,(H,9,10)(H,11,12);5H,2-4H2,1H3;3H2,1-2H3;1-2H3;/q;;;;;+1/p-1. The van der Waals surface area contributed by atoms with Gasteiger partial charge in [0.2, 0.25) is 5.91 Å². The molecule has 0 aromatic heterocycles. The molecule has 9 nitrogen and oxygen atoms in total. The predicted octanol–water partition coefficient (Wildman–Crippen LogP) is 1.36. The molecule has 2 rings (SSSR count). The van der Waals surface area contributed by atoms with Gasteiger partial charge >= 0.3 is 29.6 Å². The summed E-state index contributed by atoms with van der Waals surface area (Å²) in [6, 6.07) is 17.2. The Morgan fingerprint density at radius 2 is 1.47 bits per heavy atom. The second-order valence-electron chi connectivity index (χ2n) is 9.05. The van der Waals surface area contributed by atoms with Crippen LogP contribution >= 0.6 is 0 Å². The van der Waals surface area contributed by atoms with Crippen molar-refractivity contribution in [1.29, 1.82) is 0 Å². The van der Waals surface area contributed by atoms with Crippen molar-refractivity contribution < 1.29 is 64.0 Å². The Balaban J connectivity index is -0.000000276. The Morgan fingerprint density at radius 3 is 1.84 bits per heavy atom. The maximum absolute atomic E-state index is 11.8. The molecule has 2 unspecified atom stereocenters. The summed E-state index contributed by atoms with van der Waals surface area (Å²) in [7, 11) is 1.49. The summed E-state index contributed by atoms with van der Waals surface area (Å²) < 4.78 is 4.81. The number of carboxylic acid groups (broad SMARTS) is 1. The average Bonchev–Trinajstić information content (AvgIpc) is 2.97. The van der Waals surface area contributed by atoms with Crippen molar-refractivity contribution in [2.24, 2.45) is 0 Å².